The molecule has 0 saturated carbocycles. The highest BCUT2D eigenvalue weighted by Gasteiger charge is 2.10. The summed E-state index contributed by atoms with van der Waals surface area (Å²) in [6.45, 7) is 1.85. The number of amides is 1. The molecule has 6 heteroatoms. The van der Waals surface area contributed by atoms with Crippen LogP contribution in [0, 0.1) is 0 Å². The summed E-state index contributed by atoms with van der Waals surface area (Å²) in [6.07, 6.45) is 4.29. The van der Waals surface area contributed by atoms with Crippen LogP contribution >= 0.6 is 0 Å². The predicted molar refractivity (Wildman–Crippen MR) is 57.0 cm³/mol. The van der Waals surface area contributed by atoms with Crippen molar-refractivity contribution in [1.29, 1.82) is 0 Å². The number of hydrogen-bond acceptors (Lipinski definition) is 3. The predicted octanol–water partition coefficient (Wildman–Crippen LogP) is 0.783. The van der Waals surface area contributed by atoms with Crippen molar-refractivity contribution < 1.29 is 14.7 Å². The summed E-state index contributed by atoms with van der Waals surface area (Å²) in [6, 6.07) is -0.0400. The second-order valence-electron chi connectivity index (χ2n) is 3.65. The van der Waals surface area contributed by atoms with Crippen molar-refractivity contribution in [1.82, 2.24) is 15.5 Å². The molecule has 0 aliphatic carbocycles. The third kappa shape index (κ3) is 4.12. The number of nitrogens with zero attached hydrogens (tertiary/aromatic N) is 1. The molecule has 1 aromatic rings. The van der Waals surface area contributed by atoms with Crippen molar-refractivity contribution in [3.05, 3.63) is 18.0 Å². The van der Waals surface area contributed by atoms with Gasteiger partial charge in [0.2, 0.25) is 0 Å². The fraction of sp³-hybridized carbons (Fsp3) is 0.500. The molecule has 6 nitrogen and oxygen atoms in total. The Morgan fingerprint density at radius 1 is 1.62 bits per heavy atom. The van der Waals surface area contributed by atoms with Gasteiger partial charge in [-0.25, -0.2) is 0 Å². The van der Waals surface area contributed by atoms with Gasteiger partial charge in [0.1, 0.15) is 0 Å². The lowest BCUT2D eigenvalue weighted by Gasteiger charge is -2.12. The third-order valence-electron chi connectivity index (χ3n) is 2.17. The third-order valence-corrected chi connectivity index (χ3v) is 2.17. The Balaban J connectivity index is 2.26. The molecule has 3 N–H and O–H groups in total. The molecule has 0 aliphatic heterocycles. The summed E-state index contributed by atoms with van der Waals surface area (Å²) in [5.74, 6) is -1.01. The average Bonchev–Trinajstić information content (AvgIpc) is 2.69. The molecule has 1 heterocycles. The summed E-state index contributed by atoms with van der Waals surface area (Å²) in [4.78, 5) is 21.8. The molecular formula is C10H15N3O3. The van der Waals surface area contributed by atoms with Gasteiger partial charge in [0.25, 0.3) is 5.91 Å². The van der Waals surface area contributed by atoms with E-state index in [9.17, 15) is 9.59 Å². The van der Waals surface area contributed by atoms with E-state index in [1.54, 1.807) is 0 Å². The van der Waals surface area contributed by atoms with Gasteiger partial charge in [0.05, 0.1) is 11.8 Å². The highest BCUT2D eigenvalue weighted by molar-refractivity contribution is 5.93. The summed E-state index contributed by atoms with van der Waals surface area (Å²) >= 11 is 0. The number of aromatic amines is 1. The van der Waals surface area contributed by atoms with Crippen LogP contribution in [0.1, 0.15) is 36.5 Å². The number of hydrogen-bond donors (Lipinski definition) is 3. The fourth-order valence-corrected chi connectivity index (χ4v) is 1.31. The highest BCUT2D eigenvalue weighted by atomic mass is 16.4. The zero-order chi connectivity index (χ0) is 12.0. The maximum atomic E-state index is 11.5. The van der Waals surface area contributed by atoms with Crippen LogP contribution in [0.5, 0.6) is 0 Å². The van der Waals surface area contributed by atoms with E-state index in [1.807, 2.05) is 6.92 Å². The SMILES string of the molecule is CC(CCCC(=O)O)NC(=O)c1cn[nH]c1. The van der Waals surface area contributed by atoms with Gasteiger partial charge in [-0.3, -0.25) is 14.7 Å². The maximum absolute atomic E-state index is 11.5. The van der Waals surface area contributed by atoms with E-state index in [1.165, 1.54) is 12.4 Å². The first-order valence-electron chi connectivity index (χ1n) is 5.11. The quantitative estimate of drug-likeness (QED) is 0.666. The molecule has 0 aromatic carbocycles. The van der Waals surface area contributed by atoms with Gasteiger partial charge < -0.3 is 10.4 Å². The van der Waals surface area contributed by atoms with Crippen LogP contribution in [0.15, 0.2) is 12.4 Å². The molecule has 88 valence electrons. The van der Waals surface area contributed by atoms with Crippen molar-refractivity contribution in [2.24, 2.45) is 0 Å². The molecule has 0 aliphatic rings. The number of aromatic nitrogens is 2. The number of carboxylic acids is 1. The number of rotatable bonds is 6. The fourth-order valence-electron chi connectivity index (χ4n) is 1.31. The van der Waals surface area contributed by atoms with Crippen LogP contribution in [0.25, 0.3) is 0 Å². The highest BCUT2D eigenvalue weighted by Crippen LogP contribution is 2.02. The minimum atomic E-state index is -0.812. The number of carbonyl (C=O) groups excluding carboxylic acids is 1. The van der Waals surface area contributed by atoms with Gasteiger partial charge in [-0.15, -0.1) is 0 Å². The molecule has 1 aromatic heterocycles. The Labute approximate surface area is 93.1 Å². The minimum absolute atomic E-state index is 0.0400. The van der Waals surface area contributed by atoms with Gasteiger partial charge >= 0.3 is 5.97 Å². The first kappa shape index (κ1) is 12.2. The van der Waals surface area contributed by atoms with Crippen LogP contribution in [0.3, 0.4) is 0 Å². The van der Waals surface area contributed by atoms with Gasteiger partial charge in [0.15, 0.2) is 0 Å². The van der Waals surface area contributed by atoms with Crippen LogP contribution in [-0.2, 0) is 4.79 Å². The molecule has 1 unspecified atom stereocenters. The summed E-state index contributed by atoms with van der Waals surface area (Å²) in [7, 11) is 0. The Hall–Kier alpha value is -1.85. The molecule has 0 saturated heterocycles. The summed E-state index contributed by atoms with van der Waals surface area (Å²) < 4.78 is 0. The Morgan fingerprint density at radius 3 is 2.94 bits per heavy atom. The molecule has 0 radical (unpaired) electrons. The summed E-state index contributed by atoms with van der Waals surface area (Å²) in [5, 5.41) is 17.4. The van der Waals surface area contributed by atoms with E-state index in [4.69, 9.17) is 5.11 Å². The lowest BCUT2D eigenvalue weighted by Crippen LogP contribution is -2.32. The normalized spacial score (nSPS) is 12.1. The second-order valence-corrected chi connectivity index (χ2v) is 3.65. The molecule has 1 amide bonds. The Bertz CT molecular complexity index is 348. The van der Waals surface area contributed by atoms with Crippen LogP contribution in [0.2, 0.25) is 0 Å². The number of carboxylic acid groups (broad SMARTS) is 1. The molecule has 0 spiro atoms. The second kappa shape index (κ2) is 5.89. The zero-order valence-electron chi connectivity index (χ0n) is 9.06. The standard InChI is InChI=1S/C10H15N3O3/c1-7(3-2-4-9(14)15)13-10(16)8-5-11-12-6-8/h5-7H,2-4H2,1H3,(H,11,12)(H,13,16)(H,14,15). The van der Waals surface area contributed by atoms with E-state index in [-0.39, 0.29) is 18.4 Å². The van der Waals surface area contributed by atoms with Crippen molar-refractivity contribution >= 4 is 11.9 Å². The molecule has 0 bridgehead atoms. The lowest BCUT2D eigenvalue weighted by molar-refractivity contribution is -0.137. The average molecular weight is 225 g/mol. The molecular weight excluding hydrogens is 210 g/mol. The molecule has 0 fully saturated rings. The van der Waals surface area contributed by atoms with Crippen molar-refractivity contribution in [2.75, 3.05) is 0 Å². The Kier molecular flexibility index (Phi) is 4.50. The number of H-pyrrole nitrogens is 1. The van der Waals surface area contributed by atoms with Gasteiger partial charge in [-0.2, -0.15) is 5.10 Å². The Morgan fingerprint density at radius 2 is 2.38 bits per heavy atom. The van der Waals surface area contributed by atoms with E-state index in [0.717, 1.165) is 0 Å². The van der Waals surface area contributed by atoms with Gasteiger partial charge in [-0.1, -0.05) is 0 Å². The largest absolute Gasteiger partial charge is 0.481 e. The van der Waals surface area contributed by atoms with Crippen LogP contribution < -0.4 is 5.32 Å². The van der Waals surface area contributed by atoms with Gasteiger partial charge in [0, 0.05) is 18.7 Å². The van der Waals surface area contributed by atoms with E-state index in [2.05, 4.69) is 15.5 Å². The monoisotopic (exact) mass is 225 g/mol. The molecule has 1 atom stereocenters. The molecule has 1 rings (SSSR count). The van der Waals surface area contributed by atoms with E-state index >= 15 is 0 Å². The van der Waals surface area contributed by atoms with E-state index < -0.39 is 5.97 Å². The number of aliphatic carboxylic acids is 1. The maximum Gasteiger partial charge on any atom is 0.303 e. The van der Waals surface area contributed by atoms with Crippen molar-refractivity contribution in [3.63, 3.8) is 0 Å². The van der Waals surface area contributed by atoms with Gasteiger partial charge in [-0.05, 0) is 19.8 Å². The first-order chi connectivity index (χ1) is 7.59. The van der Waals surface area contributed by atoms with Crippen molar-refractivity contribution in [3.8, 4) is 0 Å². The number of carbonyl (C=O) groups is 2. The first-order valence-corrected chi connectivity index (χ1v) is 5.11. The van der Waals surface area contributed by atoms with Crippen LogP contribution in [0.4, 0.5) is 0 Å². The zero-order valence-corrected chi connectivity index (χ0v) is 9.06. The van der Waals surface area contributed by atoms with Crippen LogP contribution in [-0.4, -0.2) is 33.2 Å². The smallest absolute Gasteiger partial charge is 0.303 e. The van der Waals surface area contributed by atoms with Crippen molar-refractivity contribution in [2.45, 2.75) is 32.2 Å². The summed E-state index contributed by atoms with van der Waals surface area (Å²) in [5.41, 5.74) is 0.477. The minimum Gasteiger partial charge on any atom is -0.481 e. The lowest BCUT2D eigenvalue weighted by atomic mass is 10.1. The number of nitrogens with one attached hydrogen (secondary N) is 2. The molecule has 16 heavy (non-hydrogen) atoms. The topological polar surface area (TPSA) is 95.1 Å². The van der Waals surface area contributed by atoms with E-state index in [0.29, 0.717) is 18.4 Å².